The SMILES string of the molecule is CCCCOC(CCCCCI)OCCCC. The summed E-state index contributed by atoms with van der Waals surface area (Å²) in [4.78, 5) is 0. The molecule has 0 aliphatic heterocycles. The van der Waals surface area contributed by atoms with Crippen molar-refractivity contribution in [2.45, 2.75) is 71.5 Å². The number of alkyl halides is 1. The molecule has 0 radical (unpaired) electrons. The summed E-state index contributed by atoms with van der Waals surface area (Å²) < 4.78 is 12.8. The highest BCUT2D eigenvalue weighted by atomic mass is 127. The monoisotopic (exact) mass is 356 g/mol. The van der Waals surface area contributed by atoms with E-state index in [1.165, 1.54) is 36.5 Å². The first-order valence-electron chi connectivity index (χ1n) is 7.14. The van der Waals surface area contributed by atoms with Gasteiger partial charge in [-0.25, -0.2) is 0 Å². The molecule has 0 spiro atoms. The summed E-state index contributed by atoms with van der Waals surface area (Å²) in [5, 5.41) is 0. The van der Waals surface area contributed by atoms with Crippen molar-refractivity contribution in [3.05, 3.63) is 0 Å². The van der Waals surface area contributed by atoms with E-state index in [1.807, 2.05) is 0 Å². The van der Waals surface area contributed by atoms with Crippen LogP contribution in [0.1, 0.15) is 65.2 Å². The van der Waals surface area contributed by atoms with E-state index in [9.17, 15) is 0 Å². The highest BCUT2D eigenvalue weighted by Gasteiger charge is 2.08. The van der Waals surface area contributed by atoms with Crippen molar-refractivity contribution in [1.82, 2.24) is 0 Å². The number of hydrogen-bond acceptors (Lipinski definition) is 2. The predicted molar refractivity (Wildman–Crippen MR) is 82.9 cm³/mol. The molecule has 0 bridgehead atoms. The standard InChI is InChI=1S/C14H29IO2/c1-3-5-12-16-14(17-13-6-4-2)10-8-7-9-11-15/h14H,3-13H2,1-2H3. The van der Waals surface area contributed by atoms with Crippen LogP contribution in [0.4, 0.5) is 0 Å². The first kappa shape index (κ1) is 17.6. The number of hydrogen-bond donors (Lipinski definition) is 0. The molecule has 0 aromatic heterocycles. The van der Waals surface area contributed by atoms with Crippen LogP contribution in [0.5, 0.6) is 0 Å². The Balaban J connectivity index is 3.60. The van der Waals surface area contributed by atoms with Gasteiger partial charge in [-0.15, -0.1) is 0 Å². The molecule has 0 fully saturated rings. The van der Waals surface area contributed by atoms with Gasteiger partial charge in [-0.3, -0.25) is 0 Å². The maximum Gasteiger partial charge on any atom is 0.157 e. The van der Waals surface area contributed by atoms with Crippen molar-refractivity contribution >= 4 is 22.6 Å². The lowest BCUT2D eigenvalue weighted by Gasteiger charge is -2.18. The predicted octanol–water partition coefficient (Wildman–Crippen LogP) is 4.94. The summed E-state index contributed by atoms with van der Waals surface area (Å²) in [5.41, 5.74) is 0. The van der Waals surface area contributed by atoms with E-state index in [4.69, 9.17) is 9.47 Å². The first-order chi connectivity index (χ1) is 8.35. The Kier molecular flexibility index (Phi) is 15.3. The molecule has 0 aromatic carbocycles. The molecule has 0 aromatic rings. The van der Waals surface area contributed by atoms with Crippen LogP contribution in [0.3, 0.4) is 0 Å². The molecular formula is C14H29IO2. The van der Waals surface area contributed by atoms with Crippen LogP contribution in [0, 0.1) is 0 Å². The normalized spacial score (nSPS) is 11.3. The van der Waals surface area contributed by atoms with E-state index in [0.717, 1.165) is 32.5 Å². The fourth-order valence-corrected chi connectivity index (χ4v) is 2.05. The molecule has 2 nitrogen and oxygen atoms in total. The van der Waals surface area contributed by atoms with E-state index in [1.54, 1.807) is 0 Å². The van der Waals surface area contributed by atoms with Gasteiger partial charge in [0.15, 0.2) is 6.29 Å². The molecule has 0 aliphatic carbocycles. The topological polar surface area (TPSA) is 18.5 Å². The van der Waals surface area contributed by atoms with Gasteiger partial charge in [0.05, 0.1) is 0 Å². The minimum absolute atomic E-state index is 0.0438. The van der Waals surface area contributed by atoms with E-state index < -0.39 is 0 Å². The lowest BCUT2D eigenvalue weighted by molar-refractivity contribution is -0.147. The number of halogens is 1. The highest BCUT2D eigenvalue weighted by Crippen LogP contribution is 2.11. The average molecular weight is 356 g/mol. The van der Waals surface area contributed by atoms with Gasteiger partial charge in [-0.05, 0) is 36.5 Å². The Bertz CT molecular complexity index is 132. The van der Waals surface area contributed by atoms with Crippen LogP contribution in [0.2, 0.25) is 0 Å². The summed E-state index contributed by atoms with van der Waals surface area (Å²) in [6, 6.07) is 0. The van der Waals surface area contributed by atoms with Gasteiger partial charge >= 0.3 is 0 Å². The molecule has 0 N–H and O–H groups in total. The summed E-state index contributed by atoms with van der Waals surface area (Å²) in [5.74, 6) is 0. The zero-order chi connectivity index (χ0) is 12.8. The molecule has 104 valence electrons. The molecule has 3 heteroatoms. The van der Waals surface area contributed by atoms with Crippen LogP contribution in [0.15, 0.2) is 0 Å². The van der Waals surface area contributed by atoms with Gasteiger partial charge < -0.3 is 9.47 Å². The van der Waals surface area contributed by atoms with Crippen molar-refractivity contribution in [3.63, 3.8) is 0 Å². The van der Waals surface area contributed by atoms with Crippen LogP contribution >= 0.6 is 22.6 Å². The van der Waals surface area contributed by atoms with Crippen LogP contribution in [-0.4, -0.2) is 23.9 Å². The van der Waals surface area contributed by atoms with Gasteiger partial charge in [-0.1, -0.05) is 55.7 Å². The van der Waals surface area contributed by atoms with E-state index in [0.29, 0.717) is 0 Å². The fourth-order valence-electron chi connectivity index (χ4n) is 1.52. The Morgan fingerprint density at radius 2 is 1.41 bits per heavy atom. The number of unbranched alkanes of at least 4 members (excludes halogenated alkanes) is 4. The van der Waals surface area contributed by atoms with Crippen molar-refractivity contribution in [2.75, 3.05) is 17.6 Å². The van der Waals surface area contributed by atoms with Gasteiger partial charge in [0, 0.05) is 13.2 Å². The van der Waals surface area contributed by atoms with Gasteiger partial charge in [0.25, 0.3) is 0 Å². The van der Waals surface area contributed by atoms with E-state index in [2.05, 4.69) is 36.4 Å². The second kappa shape index (κ2) is 14.7. The molecular weight excluding hydrogens is 327 g/mol. The lowest BCUT2D eigenvalue weighted by Crippen LogP contribution is -2.18. The van der Waals surface area contributed by atoms with Crippen LogP contribution in [-0.2, 0) is 9.47 Å². The number of ether oxygens (including phenoxy) is 2. The van der Waals surface area contributed by atoms with Crippen molar-refractivity contribution in [2.24, 2.45) is 0 Å². The lowest BCUT2D eigenvalue weighted by atomic mass is 10.2. The van der Waals surface area contributed by atoms with Crippen LogP contribution < -0.4 is 0 Å². The highest BCUT2D eigenvalue weighted by molar-refractivity contribution is 14.1. The third kappa shape index (κ3) is 12.9. The second-order valence-corrected chi connectivity index (χ2v) is 5.50. The number of rotatable bonds is 13. The summed E-state index contributed by atoms with van der Waals surface area (Å²) in [7, 11) is 0. The molecule has 0 heterocycles. The van der Waals surface area contributed by atoms with Crippen molar-refractivity contribution in [1.29, 1.82) is 0 Å². The van der Waals surface area contributed by atoms with Crippen LogP contribution in [0.25, 0.3) is 0 Å². The third-order valence-corrected chi connectivity index (χ3v) is 3.44. The zero-order valence-electron chi connectivity index (χ0n) is 11.5. The molecule has 0 saturated heterocycles. The molecule has 0 aliphatic rings. The summed E-state index contributed by atoms with van der Waals surface area (Å²) >= 11 is 2.44. The third-order valence-electron chi connectivity index (χ3n) is 2.68. The maximum atomic E-state index is 5.79. The molecule has 0 saturated carbocycles. The quantitative estimate of drug-likeness (QED) is 0.201. The molecule has 0 atom stereocenters. The Morgan fingerprint density at radius 3 is 1.88 bits per heavy atom. The minimum Gasteiger partial charge on any atom is -0.353 e. The smallest absolute Gasteiger partial charge is 0.157 e. The van der Waals surface area contributed by atoms with E-state index in [-0.39, 0.29) is 6.29 Å². The molecule has 0 rings (SSSR count). The fraction of sp³-hybridized carbons (Fsp3) is 1.00. The Labute approximate surface area is 121 Å². The van der Waals surface area contributed by atoms with Gasteiger partial charge in [-0.2, -0.15) is 0 Å². The maximum absolute atomic E-state index is 5.79. The van der Waals surface area contributed by atoms with Gasteiger partial charge in [0.2, 0.25) is 0 Å². The van der Waals surface area contributed by atoms with Crippen molar-refractivity contribution < 1.29 is 9.47 Å². The Morgan fingerprint density at radius 1 is 0.824 bits per heavy atom. The largest absolute Gasteiger partial charge is 0.353 e. The Hall–Kier alpha value is 0.650. The zero-order valence-corrected chi connectivity index (χ0v) is 13.7. The van der Waals surface area contributed by atoms with E-state index >= 15 is 0 Å². The second-order valence-electron chi connectivity index (χ2n) is 4.42. The average Bonchev–Trinajstić information content (AvgIpc) is 2.34. The molecule has 17 heavy (non-hydrogen) atoms. The van der Waals surface area contributed by atoms with Gasteiger partial charge in [0.1, 0.15) is 0 Å². The molecule has 0 unspecified atom stereocenters. The summed E-state index contributed by atoms with van der Waals surface area (Å²) in [6.07, 6.45) is 9.61. The van der Waals surface area contributed by atoms with Crippen molar-refractivity contribution in [3.8, 4) is 0 Å². The summed E-state index contributed by atoms with van der Waals surface area (Å²) in [6.45, 7) is 6.08. The first-order valence-corrected chi connectivity index (χ1v) is 8.66. The minimum atomic E-state index is 0.0438. The molecule has 0 amide bonds.